The van der Waals surface area contributed by atoms with Gasteiger partial charge in [-0.1, -0.05) is 24.3 Å². The summed E-state index contributed by atoms with van der Waals surface area (Å²) in [5.41, 5.74) is 2.49. The van der Waals surface area contributed by atoms with Gasteiger partial charge in [-0.2, -0.15) is 0 Å². The number of methoxy groups -OCH3 is 1. The number of aromatic nitrogens is 3. The lowest BCUT2D eigenvalue weighted by Crippen LogP contribution is -2.12. The summed E-state index contributed by atoms with van der Waals surface area (Å²) in [7, 11) is 1.64. The number of imidazole rings is 1. The number of hydrogen-bond acceptors (Lipinski definition) is 6. The normalized spacial score (nSPS) is 14.1. The molecular weight excluding hydrogens is 432 g/mol. The van der Waals surface area contributed by atoms with Gasteiger partial charge in [-0.25, -0.2) is 9.97 Å². The summed E-state index contributed by atoms with van der Waals surface area (Å²) in [5.74, 6) is 2.62. The van der Waals surface area contributed by atoms with Crippen molar-refractivity contribution in [2.75, 3.05) is 7.11 Å². The molecule has 5 rings (SSSR count). The first-order chi connectivity index (χ1) is 16.6. The van der Waals surface area contributed by atoms with Crippen LogP contribution in [0, 0.1) is 10.1 Å². The van der Waals surface area contributed by atoms with Crippen molar-refractivity contribution in [1.82, 2.24) is 14.5 Å². The fourth-order valence-corrected chi connectivity index (χ4v) is 4.30. The molecule has 1 fully saturated rings. The summed E-state index contributed by atoms with van der Waals surface area (Å²) in [6.45, 7) is 0. The average molecular weight is 457 g/mol. The van der Waals surface area contributed by atoms with Crippen LogP contribution in [0.2, 0.25) is 0 Å². The van der Waals surface area contributed by atoms with Crippen molar-refractivity contribution in [2.24, 2.45) is 0 Å². The Morgan fingerprint density at radius 1 is 1.06 bits per heavy atom. The van der Waals surface area contributed by atoms with E-state index in [-0.39, 0.29) is 11.8 Å². The third kappa shape index (κ3) is 4.22. The monoisotopic (exact) mass is 456 g/mol. The molecule has 0 spiro atoms. The highest BCUT2D eigenvalue weighted by Gasteiger charge is 2.20. The summed E-state index contributed by atoms with van der Waals surface area (Å²) in [6.07, 6.45) is 9.75. The molecule has 8 nitrogen and oxygen atoms in total. The fourth-order valence-electron chi connectivity index (χ4n) is 4.30. The highest BCUT2D eigenvalue weighted by molar-refractivity contribution is 5.82. The van der Waals surface area contributed by atoms with Crippen LogP contribution in [0.15, 0.2) is 60.8 Å². The molecule has 0 amide bonds. The molecule has 2 aromatic heterocycles. The molecule has 0 bridgehead atoms. The minimum Gasteiger partial charge on any atom is -0.493 e. The molecule has 8 heteroatoms. The predicted molar refractivity (Wildman–Crippen MR) is 130 cm³/mol. The zero-order chi connectivity index (χ0) is 23.5. The maximum absolute atomic E-state index is 11.1. The lowest BCUT2D eigenvalue weighted by Gasteiger charge is -2.18. The Balaban J connectivity index is 1.56. The molecule has 4 aromatic rings. The van der Waals surface area contributed by atoms with Gasteiger partial charge in [-0.15, -0.1) is 0 Å². The van der Waals surface area contributed by atoms with Crippen LogP contribution in [0.3, 0.4) is 0 Å². The molecule has 172 valence electrons. The van der Waals surface area contributed by atoms with Gasteiger partial charge < -0.3 is 9.47 Å². The smallest absolute Gasteiger partial charge is 0.287 e. The van der Waals surface area contributed by atoms with Crippen LogP contribution in [-0.2, 0) is 0 Å². The molecule has 1 saturated carbocycles. The quantitative estimate of drug-likeness (QED) is 0.257. The first-order valence-corrected chi connectivity index (χ1v) is 11.2. The van der Waals surface area contributed by atoms with Gasteiger partial charge in [0.25, 0.3) is 5.69 Å². The van der Waals surface area contributed by atoms with Crippen LogP contribution in [0.5, 0.6) is 11.5 Å². The molecule has 34 heavy (non-hydrogen) atoms. The molecule has 0 unspecified atom stereocenters. The van der Waals surface area contributed by atoms with Gasteiger partial charge in [0.2, 0.25) is 0 Å². The highest BCUT2D eigenvalue weighted by atomic mass is 16.6. The van der Waals surface area contributed by atoms with Crippen LogP contribution in [-0.4, -0.2) is 32.7 Å². The molecule has 1 aliphatic rings. The number of fused-ring (bicyclic) bond motifs is 1. The van der Waals surface area contributed by atoms with Gasteiger partial charge in [0.05, 0.1) is 29.2 Å². The number of nitrogens with zero attached hydrogens (tertiary/aromatic N) is 4. The first-order valence-electron chi connectivity index (χ1n) is 11.2. The lowest BCUT2D eigenvalue weighted by molar-refractivity contribution is -0.385. The Labute approximate surface area is 196 Å². The van der Waals surface area contributed by atoms with Crippen molar-refractivity contribution in [3.63, 3.8) is 0 Å². The summed E-state index contributed by atoms with van der Waals surface area (Å²) in [5, 5.41) is 11.1. The molecule has 0 aliphatic heterocycles. The third-order valence-electron chi connectivity index (χ3n) is 5.99. The topological polar surface area (TPSA) is 92.3 Å². The van der Waals surface area contributed by atoms with Crippen molar-refractivity contribution < 1.29 is 14.4 Å². The Morgan fingerprint density at radius 3 is 2.62 bits per heavy atom. The minimum absolute atomic E-state index is 0.0599. The van der Waals surface area contributed by atoms with Crippen molar-refractivity contribution in [3.05, 3.63) is 82.3 Å². The van der Waals surface area contributed by atoms with E-state index >= 15 is 0 Å². The molecule has 0 radical (unpaired) electrons. The standard InChI is InChI=1S/C26H24N4O4/c1-33-23-12-6-7-18(26(23)34-20-8-2-3-9-20)13-15-25-28-21-10-4-5-11-22(21)29(25)24-16-14-19(17-27-24)30(31)32/h4-7,10-17,20H,2-3,8-9H2,1H3/b15-13+. The molecule has 0 N–H and O–H groups in total. The number of benzene rings is 2. The first kappa shape index (κ1) is 21.6. The average Bonchev–Trinajstić information content (AvgIpc) is 3.51. The van der Waals surface area contributed by atoms with Crippen molar-refractivity contribution in [3.8, 4) is 17.3 Å². The number of hydrogen-bond donors (Lipinski definition) is 0. The van der Waals surface area contributed by atoms with Gasteiger partial charge >= 0.3 is 0 Å². The number of para-hydroxylation sites is 3. The van der Waals surface area contributed by atoms with Gasteiger partial charge in [-0.05, 0) is 62.1 Å². The fraction of sp³-hybridized carbons (Fsp3) is 0.231. The van der Waals surface area contributed by atoms with E-state index in [1.165, 1.54) is 25.1 Å². The Hall–Kier alpha value is -4.20. The second-order valence-corrected chi connectivity index (χ2v) is 8.16. The predicted octanol–water partition coefficient (Wildman–Crippen LogP) is 5.83. The molecule has 2 heterocycles. The lowest BCUT2D eigenvalue weighted by atomic mass is 10.1. The van der Waals surface area contributed by atoms with E-state index in [2.05, 4.69) is 4.98 Å². The van der Waals surface area contributed by atoms with E-state index < -0.39 is 4.92 Å². The zero-order valence-electron chi connectivity index (χ0n) is 18.8. The van der Waals surface area contributed by atoms with Crippen molar-refractivity contribution in [2.45, 2.75) is 31.8 Å². The van der Waals surface area contributed by atoms with Gasteiger partial charge in [-0.3, -0.25) is 14.7 Å². The van der Waals surface area contributed by atoms with E-state index in [0.29, 0.717) is 17.4 Å². The highest BCUT2D eigenvalue weighted by Crippen LogP contribution is 2.36. The number of nitro groups is 1. The number of ether oxygens (including phenoxy) is 2. The van der Waals surface area contributed by atoms with Crippen molar-refractivity contribution >= 4 is 28.9 Å². The van der Waals surface area contributed by atoms with Gasteiger partial charge in [0, 0.05) is 11.6 Å². The van der Waals surface area contributed by atoms with E-state index in [0.717, 1.165) is 35.2 Å². The summed E-state index contributed by atoms with van der Waals surface area (Å²) in [6, 6.07) is 16.6. The molecular formula is C26H24N4O4. The number of rotatable bonds is 7. The van der Waals surface area contributed by atoms with Crippen LogP contribution in [0.25, 0.3) is 29.0 Å². The van der Waals surface area contributed by atoms with Crippen molar-refractivity contribution in [1.29, 1.82) is 0 Å². The zero-order valence-corrected chi connectivity index (χ0v) is 18.8. The second-order valence-electron chi connectivity index (χ2n) is 8.16. The minimum atomic E-state index is -0.460. The summed E-state index contributed by atoms with van der Waals surface area (Å²) in [4.78, 5) is 19.7. The van der Waals surface area contributed by atoms with Crippen LogP contribution in [0.1, 0.15) is 37.1 Å². The number of pyridine rings is 1. The summed E-state index contributed by atoms with van der Waals surface area (Å²) < 4.78 is 13.8. The van der Waals surface area contributed by atoms with Crippen LogP contribution < -0.4 is 9.47 Å². The molecule has 2 aromatic carbocycles. The maximum atomic E-state index is 11.1. The second kappa shape index (κ2) is 9.35. The summed E-state index contributed by atoms with van der Waals surface area (Å²) >= 11 is 0. The van der Waals surface area contributed by atoms with Crippen LogP contribution >= 0.6 is 0 Å². The Kier molecular flexibility index (Phi) is 5.95. The van der Waals surface area contributed by atoms with Gasteiger partial charge in [0.15, 0.2) is 11.5 Å². The van der Waals surface area contributed by atoms with E-state index in [4.69, 9.17) is 14.5 Å². The largest absolute Gasteiger partial charge is 0.493 e. The van der Waals surface area contributed by atoms with E-state index in [1.807, 2.05) is 59.2 Å². The van der Waals surface area contributed by atoms with E-state index in [1.54, 1.807) is 13.2 Å². The maximum Gasteiger partial charge on any atom is 0.287 e. The third-order valence-corrected chi connectivity index (χ3v) is 5.99. The molecule has 0 atom stereocenters. The van der Waals surface area contributed by atoms with Crippen LogP contribution in [0.4, 0.5) is 5.69 Å². The van der Waals surface area contributed by atoms with E-state index in [9.17, 15) is 10.1 Å². The molecule has 0 saturated heterocycles. The Bertz CT molecular complexity index is 1360. The van der Waals surface area contributed by atoms with Gasteiger partial charge in [0.1, 0.15) is 17.8 Å². The SMILES string of the molecule is COc1cccc(/C=C/c2nc3ccccc3n2-c2ccc([N+](=O)[O-])cn2)c1OC1CCCC1. The Morgan fingerprint density at radius 2 is 1.88 bits per heavy atom. The molecule has 1 aliphatic carbocycles.